The van der Waals surface area contributed by atoms with E-state index in [-0.39, 0.29) is 6.61 Å². The molecule has 0 radical (unpaired) electrons. The lowest BCUT2D eigenvalue weighted by Gasteiger charge is -2.09. The Labute approximate surface area is 229 Å². The number of rotatable bonds is 9. The number of fused-ring (bicyclic) bond motifs is 1. The van der Waals surface area contributed by atoms with Gasteiger partial charge in [-0.3, -0.25) is 4.79 Å². The van der Waals surface area contributed by atoms with Crippen LogP contribution in [-0.2, 0) is 16.1 Å². The van der Waals surface area contributed by atoms with Gasteiger partial charge in [0.2, 0.25) is 0 Å². The second-order valence-electron chi connectivity index (χ2n) is 8.96. The van der Waals surface area contributed by atoms with Crippen molar-refractivity contribution >= 4 is 28.5 Å². The third-order valence-electron chi connectivity index (χ3n) is 5.97. The molecule has 0 unspecified atom stereocenters. The number of aryl methyl sites for hydroxylation is 1. The van der Waals surface area contributed by atoms with Crippen molar-refractivity contribution in [1.82, 2.24) is 0 Å². The molecule has 0 saturated carbocycles. The molecule has 4 aromatic carbocycles. The van der Waals surface area contributed by atoms with Crippen LogP contribution in [0.2, 0.25) is 0 Å². The van der Waals surface area contributed by atoms with E-state index < -0.39 is 24.1 Å². The second kappa shape index (κ2) is 12.0. The lowest BCUT2D eigenvalue weighted by molar-refractivity contribution is -0.119. The molecule has 0 aliphatic carbocycles. The Morgan fingerprint density at radius 3 is 2.25 bits per heavy atom. The van der Waals surface area contributed by atoms with Gasteiger partial charge in [0, 0.05) is 23.2 Å². The van der Waals surface area contributed by atoms with Crippen molar-refractivity contribution in [1.29, 1.82) is 0 Å². The van der Waals surface area contributed by atoms with Crippen LogP contribution in [0.25, 0.3) is 11.0 Å². The number of hydrogen-bond acceptors (Lipinski definition) is 7. The average molecular weight is 536 g/mol. The number of ether oxygens (including phenoxy) is 3. The predicted octanol–water partition coefficient (Wildman–Crippen LogP) is 6.27. The van der Waals surface area contributed by atoms with E-state index >= 15 is 0 Å². The van der Waals surface area contributed by atoms with Crippen LogP contribution in [0.1, 0.15) is 21.5 Å². The summed E-state index contributed by atoms with van der Waals surface area (Å²) in [4.78, 5) is 36.3. The number of carbonyl (C=O) groups is 2. The minimum atomic E-state index is -0.617. The Balaban J connectivity index is 1.09. The van der Waals surface area contributed by atoms with Gasteiger partial charge in [-0.2, -0.15) is 0 Å². The second-order valence-corrected chi connectivity index (χ2v) is 8.96. The number of amides is 1. The molecule has 0 spiro atoms. The minimum Gasteiger partial charge on any atom is -0.489 e. The molecule has 8 heteroatoms. The van der Waals surface area contributed by atoms with E-state index in [4.69, 9.17) is 18.6 Å². The Morgan fingerprint density at radius 2 is 1.50 bits per heavy atom. The molecule has 1 N–H and O–H groups in total. The Hall–Kier alpha value is -5.37. The highest BCUT2D eigenvalue weighted by molar-refractivity contribution is 5.95. The van der Waals surface area contributed by atoms with E-state index in [9.17, 15) is 14.4 Å². The molecule has 0 atom stereocenters. The summed E-state index contributed by atoms with van der Waals surface area (Å²) in [6, 6.07) is 29.7. The number of carbonyl (C=O) groups excluding carboxylic acids is 2. The van der Waals surface area contributed by atoms with Gasteiger partial charge in [0.25, 0.3) is 5.91 Å². The number of nitrogens with one attached hydrogen (secondary N) is 1. The molecule has 5 rings (SSSR count). The number of anilines is 1. The fourth-order valence-corrected chi connectivity index (χ4v) is 3.94. The highest BCUT2D eigenvalue weighted by Gasteiger charge is 2.11. The van der Waals surface area contributed by atoms with Crippen LogP contribution in [0.3, 0.4) is 0 Å². The molecular weight excluding hydrogens is 510 g/mol. The van der Waals surface area contributed by atoms with Gasteiger partial charge in [-0.05, 0) is 78.7 Å². The van der Waals surface area contributed by atoms with Crippen molar-refractivity contribution in [3.8, 4) is 17.2 Å². The van der Waals surface area contributed by atoms with Crippen LogP contribution in [0.4, 0.5) is 5.69 Å². The molecule has 8 nitrogen and oxygen atoms in total. The van der Waals surface area contributed by atoms with Crippen molar-refractivity contribution in [2.45, 2.75) is 13.5 Å². The summed E-state index contributed by atoms with van der Waals surface area (Å²) >= 11 is 0. The maximum absolute atomic E-state index is 12.4. The standard InChI is InChI=1S/C32H25NO7/c1-21-17-31(35)40-29-18-27(15-16-28(21)29)37-19-22-7-9-23(10-8-22)32(36)38-20-30(34)33-24-11-13-26(14-12-24)39-25-5-3-2-4-6-25/h2-18H,19-20H2,1H3,(H,33,34). The van der Waals surface area contributed by atoms with Gasteiger partial charge in [-0.15, -0.1) is 0 Å². The van der Waals surface area contributed by atoms with Crippen LogP contribution in [0, 0.1) is 6.92 Å². The van der Waals surface area contributed by atoms with E-state index in [2.05, 4.69) is 5.32 Å². The van der Waals surface area contributed by atoms with Gasteiger partial charge in [-0.1, -0.05) is 30.3 Å². The van der Waals surface area contributed by atoms with Gasteiger partial charge < -0.3 is 23.9 Å². The molecular formula is C32H25NO7. The van der Waals surface area contributed by atoms with Crippen LogP contribution >= 0.6 is 0 Å². The van der Waals surface area contributed by atoms with E-state index in [0.29, 0.717) is 34.1 Å². The predicted molar refractivity (Wildman–Crippen MR) is 150 cm³/mol. The summed E-state index contributed by atoms with van der Waals surface area (Å²) in [6.45, 7) is 1.66. The van der Waals surface area contributed by atoms with Gasteiger partial charge in [0.15, 0.2) is 6.61 Å². The molecule has 0 aliphatic rings. The topological polar surface area (TPSA) is 104 Å². The normalized spacial score (nSPS) is 10.6. The smallest absolute Gasteiger partial charge is 0.338 e. The first-order valence-electron chi connectivity index (χ1n) is 12.5. The Kier molecular flexibility index (Phi) is 7.87. The van der Waals surface area contributed by atoms with Gasteiger partial charge in [-0.25, -0.2) is 9.59 Å². The van der Waals surface area contributed by atoms with Crippen molar-refractivity contribution in [3.05, 3.63) is 130 Å². The average Bonchev–Trinajstić information content (AvgIpc) is 2.96. The Bertz CT molecular complexity index is 1690. The SMILES string of the molecule is Cc1cc(=O)oc2cc(OCc3ccc(C(=O)OCC(=O)Nc4ccc(Oc5ccccc5)cc4)cc3)ccc12. The summed E-state index contributed by atoms with van der Waals surface area (Å²) in [6.07, 6.45) is 0. The first-order valence-corrected chi connectivity index (χ1v) is 12.5. The summed E-state index contributed by atoms with van der Waals surface area (Å²) in [5, 5.41) is 3.53. The van der Waals surface area contributed by atoms with Crippen LogP contribution in [0.5, 0.6) is 17.2 Å². The van der Waals surface area contributed by atoms with Gasteiger partial charge in [0.05, 0.1) is 5.56 Å². The van der Waals surface area contributed by atoms with Gasteiger partial charge >= 0.3 is 11.6 Å². The highest BCUT2D eigenvalue weighted by Crippen LogP contribution is 2.24. The summed E-state index contributed by atoms with van der Waals surface area (Å²) < 4.78 is 22.0. The molecule has 200 valence electrons. The largest absolute Gasteiger partial charge is 0.489 e. The zero-order valence-electron chi connectivity index (χ0n) is 21.6. The van der Waals surface area contributed by atoms with Crippen LogP contribution in [-0.4, -0.2) is 18.5 Å². The fourth-order valence-electron chi connectivity index (χ4n) is 3.94. The summed E-state index contributed by atoms with van der Waals surface area (Å²) in [7, 11) is 0. The number of para-hydroxylation sites is 1. The maximum atomic E-state index is 12.4. The Morgan fingerprint density at radius 1 is 0.800 bits per heavy atom. The quantitative estimate of drug-likeness (QED) is 0.175. The first-order chi connectivity index (χ1) is 19.4. The van der Waals surface area contributed by atoms with Crippen LogP contribution < -0.4 is 20.4 Å². The van der Waals surface area contributed by atoms with E-state index in [1.807, 2.05) is 43.3 Å². The first kappa shape index (κ1) is 26.2. The van der Waals surface area contributed by atoms with E-state index in [1.54, 1.807) is 60.7 Å². The highest BCUT2D eigenvalue weighted by atomic mass is 16.5. The third kappa shape index (κ3) is 6.73. The molecule has 1 heterocycles. The molecule has 0 bridgehead atoms. The van der Waals surface area contributed by atoms with Gasteiger partial charge in [0.1, 0.15) is 29.4 Å². The molecule has 0 aliphatic heterocycles. The van der Waals surface area contributed by atoms with E-state index in [1.165, 1.54) is 6.07 Å². The van der Waals surface area contributed by atoms with E-state index in [0.717, 1.165) is 16.5 Å². The maximum Gasteiger partial charge on any atom is 0.338 e. The fraction of sp³-hybridized carbons (Fsp3) is 0.0938. The van der Waals surface area contributed by atoms with Crippen LogP contribution in [0.15, 0.2) is 112 Å². The molecule has 1 aromatic heterocycles. The zero-order valence-corrected chi connectivity index (χ0v) is 21.6. The number of benzene rings is 4. The van der Waals surface area contributed by atoms with Crippen molar-refractivity contribution in [3.63, 3.8) is 0 Å². The molecule has 0 fully saturated rings. The lowest BCUT2D eigenvalue weighted by atomic mass is 10.1. The minimum absolute atomic E-state index is 0.245. The molecule has 0 saturated heterocycles. The molecule has 1 amide bonds. The molecule has 40 heavy (non-hydrogen) atoms. The lowest BCUT2D eigenvalue weighted by Crippen LogP contribution is -2.20. The third-order valence-corrected chi connectivity index (χ3v) is 5.97. The summed E-state index contributed by atoms with van der Waals surface area (Å²) in [5.74, 6) is 0.813. The van der Waals surface area contributed by atoms with Crippen molar-refractivity contribution in [2.24, 2.45) is 0 Å². The molecule has 5 aromatic rings. The monoisotopic (exact) mass is 535 g/mol. The zero-order chi connectivity index (χ0) is 27.9. The summed E-state index contributed by atoms with van der Waals surface area (Å²) in [5.41, 5.74) is 2.56. The van der Waals surface area contributed by atoms with Crippen molar-refractivity contribution in [2.75, 3.05) is 11.9 Å². The van der Waals surface area contributed by atoms with Crippen molar-refractivity contribution < 1.29 is 28.2 Å². The number of esters is 1. The number of hydrogen-bond donors (Lipinski definition) is 1.